The molecule has 0 bridgehead atoms. The smallest absolute Gasteiger partial charge is 0.191 e. The van der Waals surface area contributed by atoms with E-state index in [9.17, 15) is 8.42 Å². The van der Waals surface area contributed by atoms with Crippen molar-refractivity contribution in [2.45, 2.75) is 46.1 Å². The average Bonchev–Trinajstić information content (AvgIpc) is 2.98. The van der Waals surface area contributed by atoms with Crippen molar-refractivity contribution in [3.8, 4) is 0 Å². The Morgan fingerprint density at radius 3 is 2.74 bits per heavy atom. The van der Waals surface area contributed by atoms with Crippen LogP contribution in [0.1, 0.15) is 43.2 Å². The van der Waals surface area contributed by atoms with Gasteiger partial charge in [0.2, 0.25) is 0 Å². The van der Waals surface area contributed by atoms with Crippen molar-refractivity contribution in [1.29, 1.82) is 0 Å². The van der Waals surface area contributed by atoms with Gasteiger partial charge in [-0.05, 0) is 27.2 Å². The van der Waals surface area contributed by atoms with E-state index in [-0.39, 0.29) is 23.5 Å². The molecule has 1 aromatic rings. The number of nitrogens with one attached hydrogen (secondary N) is 2. The van der Waals surface area contributed by atoms with Gasteiger partial charge in [0.1, 0.15) is 5.76 Å². The molecule has 7 nitrogen and oxygen atoms in total. The number of hydrogen-bond donors (Lipinski definition) is 2. The van der Waals surface area contributed by atoms with Crippen LogP contribution in [0.2, 0.25) is 0 Å². The SMILES string of the molecule is CCNC(=NCC(C)c1c(C)noc1C)NC1CCS(=O)(=O)C1. The zero-order valence-electron chi connectivity index (χ0n) is 14.2. The van der Waals surface area contributed by atoms with Crippen LogP contribution in [0, 0.1) is 13.8 Å². The average molecular weight is 342 g/mol. The minimum absolute atomic E-state index is 0.0628. The maximum atomic E-state index is 11.6. The number of nitrogens with zero attached hydrogens (tertiary/aromatic N) is 2. The monoisotopic (exact) mass is 342 g/mol. The summed E-state index contributed by atoms with van der Waals surface area (Å²) in [6.07, 6.45) is 0.631. The van der Waals surface area contributed by atoms with Gasteiger partial charge in [0.25, 0.3) is 0 Å². The molecule has 1 aromatic heterocycles. The van der Waals surface area contributed by atoms with E-state index in [4.69, 9.17) is 4.52 Å². The third-order valence-electron chi connectivity index (χ3n) is 4.02. The molecule has 8 heteroatoms. The first-order valence-corrected chi connectivity index (χ1v) is 9.82. The van der Waals surface area contributed by atoms with Crippen molar-refractivity contribution in [3.05, 3.63) is 17.0 Å². The molecule has 0 saturated carbocycles. The topological polar surface area (TPSA) is 96.6 Å². The van der Waals surface area contributed by atoms with Crippen molar-refractivity contribution >= 4 is 15.8 Å². The number of hydrogen-bond acceptors (Lipinski definition) is 5. The third kappa shape index (κ3) is 4.70. The molecule has 0 radical (unpaired) electrons. The number of sulfone groups is 1. The summed E-state index contributed by atoms with van der Waals surface area (Å²) in [5, 5.41) is 10.4. The summed E-state index contributed by atoms with van der Waals surface area (Å²) in [5.41, 5.74) is 1.98. The molecule has 0 aromatic carbocycles. The second-order valence-electron chi connectivity index (χ2n) is 6.10. The van der Waals surface area contributed by atoms with Crippen LogP contribution in [-0.2, 0) is 9.84 Å². The largest absolute Gasteiger partial charge is 0.361 e. The first-order valence-electron chi connectivity index (χ1n) is 8.00. The molecule has 2 heterocycles. The second kappa shape index (κ2) is 7.33. The Balaban J connectivity index is 2.01. The molecule has 23 heavy (non-hydrogen) atoms. The number of aromatic nitrogens is 1. The predicted molar refractivity (Wildman–Crippen MR) is 90.6 cm³/mol. The summed E-state index contributed by atoms with van der Waals surface area (Å²) in [7, 11) is -2.90. The van der Waals surface area contributed by atoms with Gasteiger partial charge >= 0.3 is 0 Å². The molecule has 0 amide bonds. The maximum Gasteiger partial charge on any atom is 0.191 e. The van der Waals surface area contributed by atoms with Gasteiger partial charge in [-0.1, -0.05) is 12.1 Å². The van der Waals surface area contributed by atoms with Crippen molar-refractivity contribution in [3.63, 3.8) is 0 Å². The molecular formula is C15H26N4O3S. The van der Waals surface area contributed by atoms with E-state index in [2.05, 4.69) is 27.7 Å². The number of aliphatic imine (C=N–C) groups is 1. The van der Waals surface area contributed by atoms with E-state index in [1.165, 1.54) is 0 Å². The molecule has 1 saturated heterocycles. The lowest BCUT2D eigenvalue weighted by molar-refractivity contribution is 0.391. The van der Waals surface area contributed by atoms with E-state index in [0.29, 0.717) is 18.9 Å². The van der Waals surface area contributed by atoms with Gasteiger partial charge in [-0.3, -0.25) is 4.99 Å². The molecule has 1 aliphatic rings. The fraction of sp³-hybridized carbons (Fsp3) is 0.733. The summed E-state index contributed by atoms with van der Waals surface area (Å²) in [4.78, 5) is 4.59. The Bertz CT molecular complexity index is 647. The number of rotatable bonds is 5. The van der Waals surface area contributed by atoms with Gasteiger partial charge in [0, 0.05) is 30.6 Å². The first kappa shape index (κ1) is 17.8. The summed E-state index contributed by atoms with van der Waals surface area (Å²) >= 11 is 0. The minimum Gasteiger partial charge on any atom is -0.361 e. The molecule has 2 N–H and O–H groups in total. The Hall–Kier alpha value is -1.57. The van der Waals surface area contributed by atoms with Crippen LogP contribution in [0.4, 0.5) is 0 Å². The highest BCUT2D eigenvalue weighted by atomic mass is 32.2. The lowest BCUT2D eigenvalue weighted by Gasteiger charge is -2.17. The molecule has 130 valence electrons. The highest BCUT2D eigenvalue weighted by Crippen LogP contribution is 2.23. The lowest BCUT2D eigenvalue weighted by atomic mass is 10.00. The minimum atomic E-state index is -2.90. The number of guanidine groups is 1. The zero-order chi connectivity index (χ0) is 17.0. The number of aryl methyl sites for hydroxylation is 2. The van der Waals surface area contributed by atoms with Gasteiger partial charge in [0.05, 0.1) is 17.2 Å². The second-order valence-corrected chi connectivity index (χ2v) is 8.33. The maximum absolute atomic E-state index is 11.6. The first-order chi connectivity index (χ1) is 10.8. The van der Waals surface area contributed by atoms with Gasteiger partial charge in [-0.25, -0.2) is 8.42 Å². The molecule has 2 atom stereocenters. The van der Waals surface area contributed by atoms with Crippen molar-refractivity contribution in [1.82, 2.24) is 15.8 Å². The lowest BCUT2D eigenvalue weighted by Crippen LogP contribution is -2.44. The van der Waals surface area contributed by atoms with Crippen LogP contribution < -0.4 is 10.6 Å². The van der Waals surface area contributed by atoms with Crippen LogP contribution in [-0.4, -0.2) is 50.2 Å². The molecule has 1 aliphatic heterocycles. The molecule has 0 aliphatic carbocycles. The summed E-state index contributed by atoms with van der Waals surface area (Å²) in [5.74, 6) is 2.10. The van der Waals surface area contributed by atoms with E-state index >= 15 is 0 Å². The van der Waals surface area contributed by atoms with Gasteiger partial charge in [-0.15, -0.1) is 0 Å². The van der Waals surface area contributed by atoms with Gasteiger partial charge in [0.15, 0.2) is 15.8 Å². The van der Waals surface area contributed by atoms with Crippen LogP contribution in [0.15, 0.2) is 9.52 Å². The van der Waals surface area contributed by atoms with E-state index in [1.54, 1.807) is 0 Å². The van der Waals surface area contributed by atoms with Crippen molar-refractivity contribution in [2.75, 3.05) is 24.6 Å². The van der Waals surface area contributed by atoms with Crippen molar-refractivity contribution in [2.24, 2.45) is 4.99 Å². The Kier molecular flexibility index (Phi) is 5.67. The van der Waals surface area contributed by atoms with Crippen molar-refractivity contribution < 1.29 is 12.9 Å². The van der Waals surface area contributed by atoms with Crippen LogP contribution >= 0.6 is 0 Å². The molecule has 0 spiro atoms. The third-order valence-corrected chi connectivity index (χ3v) is 5.79. The zero-order valence-corrected chi connectivity index (χ0v) is 15.0. The Morgan fingerprint density at radius 1 is 1.48 bits per heavy atom. The highest BCUT2D eigenvalue weighted by molar-refractivity contribution is 7.91. The normalized spacial score (nSPS) is 22.1. The summed E-state index contributed by atoms with van der Waals surface area (Å²) in [6, 6.07) is -0.0628. The van der Waals surface area contributed by atoms with Crippen LogP contribution in [0.25, 0.3) is 0 Å². The fourth-order valence-corrected chi connectivity index (χ4v) is 4.61. The quantitative estimate of drug-likeness (QED) is 0.615. The van der Waals surface area contributed by atoms with E-state index in [1.807, 2.05) is 20.8 Å². The van der Waals surface area contributed by atoms with E-state index < -0.39 is 9.84 Å². The highest BCUT2D eigenvalue weighted by Gasteiger charge is 2.28. The standard InChI is InChI=1S/C15H26N4O3S/c1-5-16-15(18-13-6-7-23(20,21)9-13)17-8-10(2)14-11(3)19-22-12(14)4/h10,13H,5-9H2,1-4H3,(H2,16,17,18). The van der Waals surface area contributed by atoms with E-state index in [0.717, 1.165) is 23.6 Å². The Labute approximate surface area is 137 Å². The summed E-state index contributed by atoms with van der Waals surface area (Å²) in [6.45, 7) is 9.21. The van der Waals surface area contributed by atoms with Crippen LogP contribution in [0.5, 0.6) is 0 Å². The fourth-order valence-electron chi connectivity index (χ4n) is 2.94. The molecular weight excluding hydrogens is 316 g/mol. The molecule has 2 rings (SSSR count). The molecule has 1 fully saturated rings. The van der Waals surface area contributed by atoms with Gasteiger partial charge < -0.3 is 15.2 Å². The van der Waals surface area contributed by atoms with Gasteiger partial charge in [-0.2, -0.15) is 0 Å². The molecule has 2 unspecified atom stereocenters. The van der Waals surface area contributed by atoms with Crippen LogP contribution in [0.3, 0.4) is 0 Å². The summed E-state index contributed by atoms with van der Waals surface area (Å²) < 4.78 is 28.3. The Morgan fingerprint density at radius 2 is 2.22 bits per heavy atom. The predicted octanol–water partition coefficient (Wildman–Crippen LogP) is 1.14.